The van der Waals surface area contributed by atoms with Crippen LogP contribution in [0.3, 0.4) is 0 Å². The van der Waals surface area contributed by atoms with Crippen molar-refractivity contribution in [1.29, 1.82) is 0 Å². The third-order valence-electron chi connectivity index (χ3n) is 14.8. The Morgan fingerprint density at radius 2 is 0.530 bits per heavy atom. The van der Waals surface area contributed by atoms with Gasteiger partial charge in [-0.1, -0.05) is 169 Å². The lowest BCUT2D eigenvalue weighted by Gasteiger charge is -2.71. The lowest BCUT2D eigenvalue weighted by molar-refractivity contribution is -0.0691. The molecule has 66 heavy (non-hydrogen) atoms. The van der Waals surface area contributed by atoms with Gasteiger partial charge in [0, 0.05) is 44.5 Å². The van der Waals surface area contributed by atoms with Crippen LogP contribution in [0.4, 0.5) is 0 Å². The maximum atomic E-state index is 3.51. The van der Waals surface area contributed by atoms with Crippen molar-refractivity contribution in [2.45, 2.75) is 73.0 Å². The first kappa shape index (κ1) is 41.0. The molecule has 0 spiro atoms. The molecule has 4 saturated carbocycles. The highest BCUT2D eigenvalue weighted by Gasteiger charge is 2.69. The third-order valence-corrected chi connectivity index (χ3v) is 14.8. The maximum absolute atomic E-state index is 3.51. The van der Waals surface area contributed by atoms with Crippen LogP contribution >= 0.6 is 0 Å². The molecule has 0 amide bonds. The first-order valence-corrected chi connectivity index (χ1v) is 23.5. The highest BCUT2D eigenvalue weighted by molar-refractivity contribution is 5.55. The lowest BCUT2D eigenvalue weighted by atomic mass is 9.32. The van der Waals surface area contributed by atoms with E-state index in [1.807, 2.05) is 54.6 Å². The zero-order valence-electron chi connectivity index (χ0n) is 37.3. The SMILES string of the molecule is C(#Cc1ccc(C23CC4(c5ccc(C#Cc6ccccc6)cc5)CC(c5ccc(C#Cc6ccccc6)cc5)(C2)CC(c2ccc(C#Cc5ccccc5)cc2)(C3)C4)cc1)C1=CC=CCC1. The summed E-state index contributed by atoms with van der Waals surface area (Å²) in [5.41, 5.74) is 13.9. The van der Waals surface area contributed by atoms with E-state index in [1.54, 1.807) is 0 Å². The van der Waals surface area contributed by atoms with Gasteiger partial charge in [0.15, 0.2) is 0 Å². The van der Waals surface area contributed by atoms with E-state index in [9.17, 15) is 0 Å². The van der Waals surface area contributed by atoms with Crippen molar-refractivity contribution < 1.29 is 0 Å². The van der Waals surface area contributed by atoms with Crippen LogP contribution < -0.4 is 0 Å². The van der Waals surface area contributed by atoms with Crippen LogP contribution in [0.25, 0.3) is 0 Å². The number of hydrogen-bond donors (Lipinski definition) is 0. The Kier molecular flexibility index (Phi) is 10.8. The van der Waals surface area contributed by atoms with E-state index >= 15 is 0 Å². The van der Waals surface area contributed by atoms with Crippen molar-refractivity contribution >= 4 is 0 Å². The topological polar surface area (TPSA) is 0 Å². The Balaban J connectivity index is 1.03. The van der Waals surface area contributed by atoms with E-state index in [2.05, 4.69) is 199 Å². The number of allylic oxidation sites excluding steroid dienone is 4. The van der Waals surface area contributed by atoms with E-state index in [1.165, 1.54) is 27.8 Å². The summed E-state index contributed by atoms with van der Waals surface area (Å²) in [6, 6.07) is 68.3. The molecule has 0 radical (unpaired) electrons. The molecule has 7 aromatic rings. The number of rotatable bonds is 4. The predicted octanol–water partition coefficient (Wildman–Crippen LogP) is 13.9. The second-order valence-electron chi connectivity index (χ2n) is 19.2. The van der Waals surface area contributed by atoms with Crippen LogP contribution in [0.15, 0.2) is 212 Å². The van der Waals surface area contributed by atoms with Gasteiger partial charge >= 0.3 is 0 Å². The molecule has 0 heterocycles. The molecule has 7 aromatic carbocycles. The standard InChI is InChI=1S/C66H50/c1-5-13-51(14-6-1)21-25-55-29-37-59(38-30-55)63-45-64(60-39-31-56(32-40-60)26-22-52-15-7-2-8-16-52)48-65(46-63,61-41-33-57(34-42-61)27-23-53-17-9-3-10-18-53)50-66(47-63,49-64)62-43-35-58(36-44-62)28-24-54-19-11-4-12-20-54/h1-11,13-19,29-44H,12,20,45-50H2. The fourth-order valence-electron chi connectivity index (χ4n) is 12.3. The average Bonchev–Trinajstić information content (AvgIpc) is 3.37. The van der Waals surface area contributed by atoms with E-state index in [0.29, 0.717) is 0 Å². The average molecular weight is 843 g/mol. The monoisotopic (exact) mass is 842 g/mol. The van der Waals surface area contributed by atoms with Gasteiger partial charge in [-0.15, -0.1) is 0 Å². The predicted molar refractivity (Wildman–Crippen MR) is 271 cm³/mol. The smallest absolute Gasteiger partial charge is 0.0249 e. The van der Waals surface area contributed by atoms with Gasteiger partial charge in [0.05, 0.1) is 0 Å². The Morgan fingerprint density at radius 1 is 0.273 bits per heavy atom. The highest BCUT2D eigenvalue weighted by Crippen LogP contribution is 2.74. The molecule has 4 fully saturated rings. The minimum absolute atomic E-state index is 0.0687. The lowest BCUT2D eigenvalue weighted by Crippen LogP contribution is -2.67. The Labute approximate surface area is 391 Å². The Morgan fingerprint density at radius 3 is 0.788 bits per heavy atom. The summed E-state index contributed by atoms with van der Waals surface area (Å²) in [6.07, 6.45) is 15.2. The van der Waals surface area contributed by atoms with Crippen LogP contribution in [0.2, 0.25) is 0 Å². The summed E-state index contributed by atoms with van der Waals surface area (Å²) in [5, 5.41) is 0. The largest absolute Gasteiger partial charge is 0.0842 e. The molecule has 12 rings (SSSR count). The van der Waals surface area contributed by atoms with Crippen molar-refractivity contribution in [2.75, 3.05) is 0 Å². The Bertz CT molecular complexity index is 2920. The van der Waals surface area contributed by atoms with Crippen LogP contribution in [-0.2, 0) is 21.7 Å². The van der Waals surface area contributed by atoms with E-state index in [-0.39, 0.29) is 21.7 Å². The summed E-state index contributed by atoms with van der Waals surface area (Å²) >= 11 is 0. The molecule has 0 atom stereocenters. The maximum Gasteiger partial charge on any atom is 0.0249 e. The number of benzene rings is 7. The van der Waals surface area contributed by atoms with Crippen LogP contribution in [-0.4, -0.2) is 0 Å². The molecule has 314 valence electrons. The second kappa shape index (κ2) is 17.3. The van der Waals surface area contributed by atoms with Crippen molar-refractivity contribution in [3.63, 3.8) is 0 Å². The van der Waals surface area contributed by atoms with E-state index in [4.69, 9.17) is 0 Å². The van der Waals surface area contributed by atoms with Crippen molar-refractivity contribution in [3.8, 4) is 47.4 Å². The van der Waals surface area contributed by atoms with Gasteiger partial charge in [0.25, 0.3) is 0 Å². The zero-order valence-corrected chi connectivity index (χ0v) is 37.3. The Hall–Kier alpha value is -7.74. The van der Waals surface area contributed by atoms with Gasteiger partial charge in [-0.3, -0.25) is 0 Å². The minimum atomic E-state index is -0.0723. The molecule has 0 N–H and O–H groups in total. The molecular formula is C66H50. The van der Waals surface area contributed by atoms with Crippen molar-refractivity contribution in [1.82, 2.24) is 0 Å². The second-order valence-corrected chi connectivity index (χ2v) is 19.2. The zero-order chi connectivity index (χ0) is 44.3. The first-order valence-electron chi connectivity index (χ1n) is 23.5. The summed E-state index contributed by atoms with van der Waals surface area (Å²) in [5.74, 6) is 27.5. The normalized spacial score (nSPS) is 23.1. The molecule has 0 aromatic heterocycles. The first-order chi connectivity index (χ1) is 32.5. The molecule has 0 unspecified atom stereocenters. The minimum Gasteiger partial charge on any atom is -0.0842 e. The fraction of sp³-hybridized carbons (Fsp3) is 0.182. The van der Waals surface area contributed by atoms with E-state index in [0.717, 1.165) is 90.3 Å². The van der Waals surface area contributed by atoms with Gasteiger partial charge in [0.1, 0.15) is 0 Å². The molecular weight excluding hydrogens is 793 g/mol. The van der Waals surface area contributed by atoms with Gasteiger partial charge in [-0.05, 0) is 180 Å². The third kappa shape index (κ3) is 8.26. The van der Waals surface area contributed by atoms with Crippen LogP contribution in [0.1, 0.15) is 113 Å². The van der Waals surface area contributed by atoms with Crippen molar-refractivity contribution in [2.24, 2.45) is 0 Å². The summed E-state index contributed by atoms with van der Waals surface area (Å²) in [6.45, 7) is 0. The quantitative estimate of drug-likeness (QED) is 0.155. The molecule has 0 aliphatic heterocycles. The highest BCUT2D eigenvalue weighted by atomic mass is 14.7. The van der Waals surface area contributed by atoms with Crippen molar-refractivity contribution in [3.05, 3.63) is 273 Å². The summed E-state index contributed by atoms with van der Waals surface area (Å²) < 4.78 is 0. The summed E-state index contributed by atoms with van der Waals surface area (Å²) in [7, 11) is 0. The number of hydrogen-bond acceptors (Lipinski definition) is 0. The molecule has 5 aliphatic carbocycles. The molecule has 0 saturated heterocycles. The van der Waals surface area contributed by atoms with Crippen LogP contribution in [0.5, 0.6) is 0 Å². The van der Waals surface area contributed by atoms with Gasteiger partial charge in [-0.2, -0.15) is 0 Å². The van der Waals surface area contributed by atoms with E-state index < -0.39 is 0 Å². The fourth-order valence-corrected chi connectivity index (χ4v) is 12.3. The van der Waals surface area contributed by atoms with Gasteiger partial charge in [-0.25, -0.2) is 0 Å². The van der Waals surface area contributed by atoms with Gasteiger partial charge < -0.3 is 0 Å². The van der Waals surface area contributed by atoms with Gasteiger partial charge in [0.2, 0.25) is 0 Å². The van der Waals surface area contributed by atoms with Crippen LogP contribution in [0, 0.1) is 47.4 Å². The molecule has 5 aliphatic rings. The molecule has 4 bridgehead atoms. The molecule has 0 heteroatoms. The molecule has 0 nitrogen and oxygen atoms in total. The summed E-state index contributed by atoms with van der Waals surface area (Å²) in [4.78, 5) is 0.